The summed E-state index contributed by atoms with van der Waals surface area (Å²) < 4.78 is 16.9. The van der Waals surface area contributed by atoms with Crippen LogP contribution in [0.25, 0.3) is 0 Å². The van der Waals surface area contributed by atoms with Gasteiger partial charge in [-0.15, -0.1) is 0 Å². The first-order valence-corrected chi connectivity index (χ1v) is 13.0. The number of carbonyl (C=O) groups excluding carboxylic acids is 2. The molecule has 2 aromatic carbocycles. The van der Waals surface area contributed by atoms with E-state index in [0.29, 0.717) is 37.9 Å². The first-order chi connectivity index (χ1) is 18.1. The molecule has 3 aliphatic rings. The molecule has 1 aliphatic carbocycles. The summed E-state index contributed by atoms with van der Waals surface area (Å²) in [5.74, 6) is 1.27. The third-order valence-electron chi connectivity index (χ3n) is 7.38. The van der Waals surface area contributed by atoms with Gasteiger partial charge in [0.15, 0.2) is 12.3 Å². The highest BCUT2D eigenvalue weighted by Crippen LogP contribution is 2.41. The van der Waals surface area contributed by atoms with Crippen molar-refractivity contribution in [2.75, 3.05) is 32.8 Å². The maximum atomic E-state index is 13.2. The summed E-state index contributed by atoms with van der Waals surface area (Å²) in [6, 6.07) is 14.4. The standard InChI is InChI=1S/C29H31N3O5/c1-19-2-4-21(5-3-19)27-24-16-23(9-8-20(24)10-11-32(27)28(33)22-6-7-22)36-18-26-30-25(17-37-26)29(34)31-12-14-35-15-13-31/h2-5,8-9,16-17,22,27H,6-7,10-15,18H2,1H3/t27-/m0/s1. The van der Waals surface area contributed by atoms with Gasteiger partial charge in [0.1, 0.15) is 12.0 Å². The molecule has 37 heavy (non-hydrogen) atoms. The van der Waals surface area contributed by atoms with Gasteiger partial charge in [0.05, 0.1) is 19.3 Å². The van der Waals surface area contributed by atoms with Crippen molar-refractivity contribution in [2.45, 2.75) is 38.8 Å². The van der Waals surface area contributed by atoms with E-state index >= 15 is 0 Å². The molecule has 0 spiro atoms. The highest BCUT2D eigenvalue weighted by atomic mass is 16.5. The number of aromatic nitrogens is 1. The first kappa shape index (κ1) is 23.7. The van der Waals surface area contributed by atoms with Gasteiger partial charge < -0.3 is 23.7 Å². The van der Waals surface area contributed by atoms with E-state index in [2.05, 4.69) is 42.2 Å². The highest BCUT2D eigenvalue weighted by Gasteiger charge is 2.39. The molecule has 6 rings (SSSR count). The summed E-state index contributed by atoms with van der Waals surface area (Å²) in [6.45, 7) is 5.06. The maximum absolute atomic E-state index is 13.2. The predicted octanol–water partition coefficient (Wildman–Crippen LogP) is 3.92. The average Bonchev–Trinajstić information content (AvgIpc) is 3.68. The van der Waals surface area contributed by atoms with Crippen molar-refractivity contribution in [3.63, 3.8) is 0 Å². The summed E-state index contributed by atoms with van der Waals surface area (Å²) in [7, 11) is 0. The monoisotopic (exact) mass is 501 g/mol. The van der Waals surface area contributed by atoms with Crippen LogP contribution in [0.2, 0.25) is 0 Å². The zero-order valence-corrected chi connectivity index (χ0v) is 21.0. The molecular weight excluding hydrogens is 470 g/mol. The minimum Gasteiger partial charge on any atom is -0.484 e. The van der Waals surface area contributed by atoms with Crippen LogP contribution in [0, 0.1) is 12.8 Å². The summed E-state index contributed by atoms with van der Waals surface area (Å²) in [5.41, 5.74) is 4.90. The Morgan fingerprint density at radius 3 is 2.59 bits per heavy atom. The van der Waals surface area contributed by atoms with E-state index in [4.69, 9.17) is 13.9 Å². The molecule has 0 unspecified atom stereocenters. The van der Waals surface area contributed by atoms with Crippen molar-refractivity contribution in [1.82, 2.24) is 14.8 Å². The molecule has 3 aromatic rings. The number of carbonyl (C=O) groups is 2. The average molecular weight is 502 g/mol. The van der Waals surface area contributed by atoms with Crippen molar-refractivity contribution in [2.24, 2.45) is 5.92 Å². The Morgan fingerprint density at radius 1 is 1.05 bits per heavy atom. The number of aryl methyl sites for hydroxylation is 1. The quantitative estimate of drug-likeness (QED) is 0.509. The predicted molar refractivity (Wildman–Crippen MR) is 135 cm³/mol. The Morgan fingerprint density at radius 2 is 1.84 bits per heavy atom. The zero-order chi connectivity index (χ0) is 25.4. The zero-order valence-electron chi connectivity index (χ0n) is 21.0. The van der Waals surface area contributed by atoms with E-state index in [0.717, 1.165) is 36.9 Å². The molecular formula is C29H31N3O5. The van der Waals surface area contributed by atoms with Gasteiger partial charge in [0.2, 0.25) is 11.8 Å². The molecule has 1 atom stereocenters. The fraction of sp³-hybridized carbons (Fsp3) is 0.414. The Labute approximate surface area is 216 Å². The van der Waals surface area contributed by atoms with E-state index in [1.54, 1.807) is 4.90 Å². The lowest BCUT2D eigenvalue weighted by Crippen LogP contribution is -2.41. The number of oxazole rings is 1. The summed E-state index contributed by atoms with van der Waals surface area (Å²) >= 11 is 0. The molecule has 1 saturated heterocycles. The van der Waals surface area contributed by atoms with E-state index < -0.39 is 0 Å². The number of morpholine rings is 1. The van der Waals surface area contributed by atoms with Crippen molar-refractivity contribution < 1.29 is 23.5 Å². The van der Waals surface area contributed by atoms with Gasteiger partial charge in [0, 0.05) is 25.6 Å². The Balaban J connectivity index is 1.21. The lowest BCUT2D eigenvalue weighted by molar-refractivity contribution is -0.134. The molecule has 1 saturated carbocycles. The number of hydrogen-bond acceptors (Lipinski definition) is 6. The van der Waals surface area contributed by atoms with Crippen molar-refractivity contribution >= 4 is 11.8 Å². The maximum Gasteiger partial charge on any atom is 0.275 e. The molecule has 3 heterocycles. The number of fused-ring (bicyclic) bond motifs is 1. The molecule has 0 radical (unpaired) electrons. The van der Waals surface area contributed by atoms with Gasteiger partial charge in [-0.3, -0.25) is 9.59 Å². The van der Waals surface area contributed by atoms with Crippen LogP contribution in [0.1, 0.15) is 57.5 Å². The van der Waals surface area contributed by atoms with Crippen LogP contribution >= 0.6 is 0 Å². The molecule has 192 valence electrons. The molecule has 0 N–H and O–H groups in total. The second-order valence-electron chi connectivity index (χ2n) is 10.0. The van der Waals surface area contributed by atoms with Crippen molar-refractivity contribution in [3.8, 4) is 5.75 Å². The van der Waals surface area contributed by atoms with E-state index in [1.807, 2.05) is 17.0 Å². The van der Waals surface area contributed by atoms with Gasteiger partial charge >= 0.3 is 0 Å². The van der Waals surface area contributed by atoms with Gasteiger partial charge in [-0.1, -0.05) is 35.9 Å². The van der Waals surface area contributed by atoms with Crippen LogP contribution in [0.4, 0.5) is 0 Å². The molecule has 8 nitrogen and oxygen atoms in total. The number of rotatable bonds is 6. The van der Waals surface area contributed by atoms with Crippen LogP contribution in [0.15, 0.2) is 53.1 Å². The molecule has 2 aliphatic heterocycles. The Bertz CT molecular complexity index is 1290. The second-order valence-corrected chi connectivity index (χ2v) is 10.0. The number of amides is 2. The smallest absolute Gasteiger partial charge is 0.275 e. The van der Waals surface area contributed by atoms with Crippen LogP contribution in [-0.2, 0) is 22.6 Å². The van der Waals surface area contributed by atoms with Crippen molar-refractivity contribution in [1.29, 1.82) is 0 Å². The fourth-order valence-electron chi connectivity index (χ4n) is 5.14. The molecule has 2 amide bonds. The molecule has 2 fully saturated rings. The SMILES string of the molecule is Cc1ccc([C@H]2c3cc(OCc4nc(C(=O)N5CCOCC5)co4)ccc3CCN2C(=O)C2CC2)cc1. The van der Waals surface area contributed by atoms with Gasteiger partial charge in [-0.2, -0.15) is 0 Å². The largest absolute Gasteiger partial charge is 0.484 e. The summed E-state index contributed by atoms with van der Waals surface area (Å²) in [6.07, 6.45) is 4.18. The first-order valence-electron chi connectivity index (χ1n) is 13.0. The van der Waals surface area contributed by atoms with Crippen LogP contribution < -0.4 is 4.74 Å². The summed E-state index contributed by atoms with van der Waals surface area (Å²) in [4.78, 5) is 34.0. The fourth-order valence-corrected chi connectivity index (χ4v) is 5.14. The van der Waals surface area contributed by atoms with E-state index in [-0.39, 0.29) is 36.1 Å². The molecule has 8 heteroatoms. The van der Waals surface area contributed by atoms with E-state index in [1.165, 1.54) is 17.4 Å². The highest BCUT2D eigenvalue weighted by molar-refractivity contribution is 5.92. The third kappa shape index (κ3) is 4.98. The number of benzene rings is 2. The summed E-state index contributed by atoms with van der Waals surface area (Å²) in [5, 5.41) is 0. The number of ether oxygens (including phenoxy) is 2. The van der Waals surface area contributed by atoms with Gasteiger partial charge in [-0.05, 0) is 55.0 Å². The second kappa shape index (κ2) is 10.0. The van der Waals surface area contributed by atoms with Crippen molar-refractivity contribution in [3.05, 3.63) is 82.6 Å². The molecule has 1 aromatic heterocycles. The number of hydrogen-bond donors (Lipinski definition) is 0. The third-order valence-corrected chi connectivity index (χ3v) is 7.38. The molecule has 0 bridgehead atoms. The lowest BCUT2D eigenvalue weighted by Gasteiger charge is -2.38. The van der Waals surface area contributed by atoms with Crippen LogP contribution in [0.3, 0.4) is 0 Å². The Kier molecular flexibility index (Phi) is 6.42. The topological polar surface area (TPSA) is 85.1 Å². The number of nitrogens with zero attached hydrogens (tertiary/aromatic N) is 3. The van der Waals surface area contributed by atoms with E-state index in [9.17, 15) is 9.59 Å². The normalized spacial score (nSPS) is 19.4. The minimum atomic E-state index is -0.159. The van der Waals surface area contributed by atoms with Crippen LogP contribution in [0.5, 0.6) is 5.75 Å². The Hall–Kier alpha value is -3.65. The lowest BCUT2D eigenvalue weighted by atomic mass is 9.87. The minimum absolute atomic E-state index is 0.106. The van der Waals surface area contributed by atoms with Crippen LogP contribution in [-0.4, -0.2) is 59.4 Å². The van der Waals surface area contributed by atoms with Gasteiger partial charge in [0.25, 0.3) is 5.91 Å². The van der Waals surface area contributed by atoms with Gasteiger partial charge in [-0.25, -0.2) is 4.98 Å².